The maximum Gasteiger partial charge on any atom is 0.371 e. The van der Waals surface area contributed by atoms with Crippen LogP contribution in [0.4, 0.5) is 5.69 Å². The predicted molar refractivity (Wildman–Crippen MR) is 83.6 cm³/mol. The lowest BCUT2D eigenvalue weighted by atomic mass is 10.2. The van der Waals surface area contributed by atoms with E-state index in [2.05, 4.69) is 0 Å². The number of nitrogen functional groups attached to an aromatic ring is 1. The minimum atomic E-state index is -1.05. The van der Waals surface area contributed by atoms with Gasteiger partial charge in [0.2, 0.25) is 5.76 Å². The Balaban J connectivity index is 1.79. The Morgan fingerprint density at radius 1 is 1.19 bits per heavy atom. The second-order valence-electron chi connectivity index (χ2n) is 4.65. The Bertz CT molecular complexity index is 810. The highest BCUT2D eigenvalue weighted by Gasteiger charge is 2.10. The minimum Gasteiger partial charge on any atom is -0.475 e. The molecule has 0 saturated carbocycles. The van der Waals surface area contributed by atoms with Gasteiger partial charge in [0.15, 0.2) is 0 Å². The van der Waals surface area contributed by atoms with Crippen molar-refractivity contribution >= 4 is 34.4 Å². The number of carboxylic acids is 1. The molecule has 0 aliphatic carbocycles. The van der Waals surface area contributed by atoms with E-state index in [9.17, 15) is 4.79 Å². The first kappa shape index (κ1) is 13.6. The average molecular weight is 299 g/mol. The zero-order valence-corrected chi connectivity index (χ0v) is 11.9. The fourth-order valence-electron chi connectivity index (χ4n) is 2.06. The SMILES string of the molecule is Nc1cccc(SCc2ccc3oc(C(=O)O)cc3c2)c1. The Hall–Kier alpha value is -2.40. The van der Waals surface area contributed by atoms with Crippen molar-refractivity contribution in [2.75, 3.05) is 5.73 Å². The number of anilines is 1. The normalized spacial score (nSPS) is 10.9. The first-order chi connectivity index (χ1) is 10.1. The predicted octanol–water partition coefficient (Wildman–Crippen LogP) is 4.01. The largest absolute Gasteiger partial charge is 0.475 e. The van der Waals surface area contributed by atoms with Crippen LogP contribution in [0.2, 0.25) is 0 Å². The van der Waals surface area contributed by atoms with Gasteiger partial charge in [-0.1, -0.05) is 12.1 Å². The Labute approximate surface area is 125 Å². The number of hydrogen-bond donors (Lipinski definition) is 2. The van der Waals surface area contributed by atoms with Gasteiger partial charge in [0.1, 0.15) is 5.58 Å². The van der Waals surface area contributed by atoms with Gasteiger partial charge in [0.25, 0.3) is 0 Å². The molecule has 2 aromatic carbocycles. The van der Waals surface area contributed by atoms with E-state index in [4.69, 9.17) is 15.3 Å². The van der Waals surface area contributed by atoms with Gasteiger partial charge in [-0.05, 0) is 42.0 Å². The van der Waals surface area contributed by atoms with Crippen molar-refractivity contribution in [2.45, 2.75) is 10.6 Å². The van der Waals surface area contributed by atoms with Crippen LogP contribution in [0.5, 0.6) is 0 Å². The molecule has 0 radical (unpaired) electrons. The molecule has 0 bridgehead atoms. The van der Waals surface area contributed by atoms with Crippen LogP contribution in [0.15, 0.2) is 57.8 Å². The monoisotopic (exact) mass is 299 g/mol. The number of fused-ring (bicyclic) bond motifs is 1. The number of benzene rings is 2. The third kappa shape index (κ3) is 3.03. The number of furan rings is 1. The molecule has 4 nitrogen and oxygen atoms in total. The van der Waals surface area contributed by atoms with Crippen LogP contribution in [0.3, 0.4) is 0 Å². The lowest BCUT2D eigenvalue weighted by Gasteiger charge is -2.03. The number of rotatable bonds is 4. The smallest absolute Gasteiger partial charge is 0.371 e. The van der Waals surface area contributed by atoms with E-state index in [1.54, 1.807) is 23.9 Å². The molecule has 3 N–H and O–H groups in total. The molecule has 0 amide bonds. The standard InChI is InChI=1S/C16H13NO3S/c17-12-2-1-3-13(8-12)21-9-10-4-5-14-11(6-10)7-15(20-14)16(18)19/h1-8H,9,17H2,(H,18,19). The summed E-state index contributed by atoms with van der Waals surface area (Å²) in [5.41, 5.74) is 8.19. The van der Waals surface area contributed by atoms with E-state index in [1.807, 2.05) is 36.4 Å². The number of carbonyl (C=O) groups is 1. The van der Waals surface area contributed by atoms with Crippen molar-refractivity contribution in [2.24, 2.45) is 0 Å². The fraction of sp³-hybridized carbons (Fsp3) is 0.0625. The summed E-state index contributed by atoms with van der Waals surface area (Å²) in [7, 11) is 0. The summed E-state index contributed by atoms with van der Waals surface area (Å²) >= 11 is 1.68. The van der Waals surface area contributed by atoms with Crippen LogP contribution in [-0.2, 0) is 5.75 Å². The van der Waals surface area contributed by atoms with E-state index >= 15 is 0 Å². The molecule has 106 valence electrons. The topological polar surface area (TPSA) is 76.5 Å². The molecule has 0 spiro atoms. The third-order valence-corrected chi connectivity index (χ3v) is 4.12. The fourth-order valence-corrected chi connectivity index (χ4v) is 2.97. The second kappa shape index (κ2) is 5.54. The summed E-state index contributed by atoms with van der Waals surface area (Å²) in [6, 6.07) is 15.0. The van der Waals surface area contributed by atoms with Crippen LogP contribution < -0.4 is 5.73 Å². The zero-order chi connectivity index (χ0) is 14.8. The first-order valence-corrected chi connectivity index (χ1v) is 7.34. The Kier molecular flexibility index (Phi) is 3.58. The minimum absolute atomic E-state index is 0.0364. The number of nitrogens with two attached hydrogens (primary N) is 1. The van der Waals surface area contributed by atoms with Gasteiger partial charge in [-0.3, -0.25) is 0 Å². The van der Waals surface area contributed by atoms with Crippen LogP contribution in [0, 0.1) is 0 Å². The van der Waals surface area contributed by atoms with Crippen molar-refractivity contribution in [3.63, 3.8) is 0 Å². The molecule has 5 heteroatoms. The van der Waals surface area contributed by atoms with Gasteiger partial charge < -0.3 is 15.3 Å². The number of hydrogen-bond acceptors (Lipinski definition) is 4. The molecule has 1 aromatic heterocycles. The molecule has 0 unspecified atom stereocenters. The van der Waals surface area contributed by atoms with Crippen molar-refractivity contribution in [1.82, 2.24) is 0 Å². The van der Waals surface area contributed by atoms with Crippen molar-refractivity contribution in [3.05, 3.63) is 59.9 Å². The number of aromatic carboxylic acids is 1. The van der Waals surface area contributed by atoms with Crippen LogP contribution in [0.25, 0.3) is 11.0 Å². The molecule has 21 heavy (non-hydrogen) atoms. The molecular weight excluding hydrogens is 286 g/mol. The third-order valence-electron chi connectivity index (χ3n) is 3.06. The zero-order valence-electron chi connectivity index (χ0n) is 11.1. The maximum absolute atomic E-state index is 10.9. The quantitative estimate of drug-likeness (QED) is 0.562. The molecule has 0 atom stereocenters. The molecule has 3 aromatic rings. The Morgan fingerprint density at radius 3 is 2.81 bits per heavy atom. The van der Waals surface area contributed by atoms with Crippen molar-refractivity contribution < 1.29 is 14.3 Å². The number of carboxylic acid groups (broad SMARTS) is 1. The highest BCUT2D eigenvalue weighted by atomic mass is 32.2. The summed E-state index contributed by atoms with van der Waals surface area (Å²) < 4.78 is 5.24. The van der Waals surface area contributed by atoms with Gasteiger partial charge in [0, 0.05) is 21.7 Å². The molecule has 0 aliphatic rings. The van der Waals surface area contributed by atoms with Gasteiger partial charge in [-0.25, -0.2) is 4.79 Å². The lowest BCUT2D eigenvalue weighted by molar-refractivity contribution is 0.0665. The summed E-state index contributed by atoms with van der Waals surface area (Å²) in [4.78, 5) is 12.0. The first-order valence-electron chi connectivity index (χ1n) is 6.36. The van der Waals surface area contributed by atoms with Crippen LogP contribution in [0.1, 0.15) is 16.1 Å². The lowest BCUT2D eigenvalue weighted by Crippen LogP contribution is -1.91. The molecule has 1 heterocycles. The van der Waals surface area contributed by atoms with Crippen LogP contribution in [-0.4, -0.2) is 11.1 Å². The van der Waals surface area contributed by atoms with E-state index in [0.717, 1.165) is 27.3 Å². The van der Waals surface area contributed by atoms with Crippen molar-refractivity contribution in [3.8, 4) is 0 Å². The van der Waals surface area contributed by atoms with Gasteiger partial charge in [0.05, 0.1) is 0 Å². The maximum atomic E-state index is 10.9. The van der Waals surface area contributed by atoms with E-state index in [-0.39, 0.29) is 5.76 Å². The summed E-state index contributed by atoms with van der Waals surface area (Å²) in [5.74, 6) is -0.306. The molecular formula is C16H13NO3S. The highest BCUT2D eigenvalue weighted by Crippen LogP contribution is 2.27. The van der Waals surface area contributed by atoms with E-state index < -0.39 is 5.97 Å². The second-order valence-corrected chi connectivity index (χ2v) is 5.70. The van der Waals surface area contributed by atoms with Gasteiger partial charge >= 0.3 is 5.97 Å². The Morgan fingerprint density at radius 2 is 2.05 bits per heavy atom. The van der Waals surface area contributed by atoms with E-state index in [0.29, 0.717) is 5.58 Å². The van der Waals surface area contributed by atoms with Gasteiger partial charge in [-0.15, -0.1) is 11.8 Å². The molecule has 3 rings (SSSR count). The average Bonchev–Trinajstić information content (AvgIpc) is 2.88. The number of thioether (sulfide) groups is 1. The van der Waals surface area contributed by atoms with Gasteiger partial charge in [-0.2, -0.15) is 0 Å². The summed E-state index contributed by atoms with van der Waals surface area (Å²) in [6.07, 6.45) is 0. The van der Waals surface area contributed by atoms with Crippen LogP contribution >= 0.6 is 11.8 Å². The molecule has 0 aliphatic heterocycles. The summed E-state index contributed by atoms with van der Waals surface area (Å²) in [5, 5.41) is 9.73. The summed E-state index contributed by atoms with van der Waals surface area (Å²) in [6.45, 7) is 0. The molecule has 0 fully saturated rings. The van der Waals surface area contributed by atoms with E-state index in [1.165, 1.54) is 0 Å². The van der Waals surface area contributed by atoms with Crippen molar-refractivity contribution in [1.29, 1.82) is 0 Å². The molecule has 0 saturated heterocycles. The highest BCUT2D eigenvalue weighted by molar-refractivity contribution is 7.98.